The molecule has 0 aliphatic rings. The molecule has 0 aliphatic heterocycles. The summed E-state index contributed by atoms with van der Waals surface area (Å²) in [6.45, 7) is 2.57. The number of aromatic nitrogens is 2. The minimum atomic E-state index is 0.518. The van der Waals surface area contributed by atoms with E-state index in [4.69, 9.17) is 4.74 Å². The number of imidazole rings is 1. The Morgan fingerprint density at radius 3 is 2.93 bits per heavy atom. The lowest BCUT2D eigenvalue weighted by atomic mass is 10.2. The fourth-order valence-corrected chi connectivity index (χ4v) is 1.40. The van der Waals surface area contributed by atoms with Gasteiger partial charge in [-0.3, -0.25) is 0 Å². The Morgan fingerprint density at radius 1 is 1.40 bits per heavy atom. The summed E-state index contributed by atoms with van der Waals surface area (Å²) in [5.41, 5.74) is 2.15. The highest BCUT2D eigenvalue weighted by Gasteiger charge is 1.98. The Morgan fingerprint density at radius 2 is 2.27 bits per heavy atom. The lowest BCUT2D eigenvalue weighted by Gasteiger charge is -2.04. The molecule has 1 aromatic heterocycles. The van der Waals surface area contributed by atoms with E-state index in [1.54, 1.807) is 6.33 Å². The quantitative estimate of drug-likeness (QED) is 0.763. The van der Waals surface area contributed by atoms with Gasteiger partial charge in [0.1, 0.15) is 12.4 Å². The van der Waals surface area contributed by atoms with E-state index in [9.17, 15) is 0 Å². The van der Waals surface area contributed by atoms with Crippen molar-refractivity contribution in [2.75, 3.05) is 0 Å². The molecule has 0 amide bonds. The van der Waals surface area contributed by atoms with Crippen molar-refractivity contribution >= 4 is 0 Å². The number of benzene rings is 1. The summed E-state index contributed by atoms with van der Waals surface area (Å²) in [7, 11) is 1.95. The van der Waals surface area contributed by atoms with Gasteiger partial charge in [0.25, 0.3) is 0 Å². The molecular weight excluding hydrogens is 188 g/mol. The Balaban J connectivity index is 1.99. The summed E-state index contributed by atoms with van der Waals surface area (Å²) in [6.07, 6.45) is 3.73. The topological polar surface area (TPSA) is 27.1 Å². The molecule has 1 heterocycles. The van der Waals surface area contributed by atoms with Crippen LogP contribution in [0.1, 0.15) is 11.3 Å². The smallest absolute Gasteiger partial charge is 0.132 e. The molecule has 0 bridgehead atoms. The van der Waals surface area contributed by atoms with Crippen molar-refractivity contribution in [3.05, 3.63) is 48.0 Å². The summed E-state index contributed by atoms with van der Waals surface area (Å²) in [6, 6.07) is 8.01. The van der Waals surface area contributed by atoms with Gasteiger partial charge in [-0.05, 0) is 24.6 Å². The normalized spacial score (nSPS) is 10.3. The summed E-state index contributed by atoms with van der Waals surface area (Å²) in [5.74, 6) is 0.889. The van der Waals surface area contributed by atoms with E-state index in [0.717, 1.165) is 11.4 Å². The maximum absolute atomic E-state index is 5.61. The van der Waals surface area contributed by atoms with Crippen LogP contribution in [0.3, 0.4) is 0 Å². The van der Waals surface area contributed by atoms with Crippen LogP contribution in [-0.2, 0) is 13.7 Å². The highest BCUT2D eigenvalue weighted by molar-refractivity contribution is 5.27. The Kier molecular flexibility index (Phi) is 2.72. The Hall–Kier alpha value is -1.77. The monoisotopic (exact) mass is 202 g/mol. The minimum absolute atomic E-state index is 0.518. The van der Waals surface area contributed by atoms with Crippen LogP contribution >= 0.6 is 0 Å². The molecule has 0 saturated carbocycles. The van der Waals surface area contributed by atoms with Crippen molar-refractivity contribution in [3.8, 4) is 5.75 Å². The van der Waals surface area contributed by atoms with E-state index in [1.807, 2.05) is 49.0 Å². The van der Waals surface area contributed by atoms with Gasteiger partial charge >= 0.3 is 0 Å². The van der Waals surface area contributed by atoms with Gasteiger partial charge in [-0.25, -0.2) is 4.98 Å². The zero-order valence-corrected chi connectivity index (χ0v) is 8.97. The number of aryl methyl sites for hydroxylation is 2. The standard InChI is InChI=1S/C12H14N2O/c1-10-4-3-5-12(6-10)15-8-11-7-14(2)9-13-11/h3-7,9H,8H2,1-2H3. The first-order chi connectivity index (χ1) is 7.24. The summed E-state index contributed by atoms with van der Waals surface area (Å²) < 4.78 is 7.52. The molecule has 1 aromatic carbocycles. The molecule has 0 unspecified atom stereocenters. The van der Waals surface area contributed by atoms with Crippen LogP contribution in [0.2, 0.25) is 0 Å². The second-order valence-corrected chi connectivity index (χ2v) is 3.64. The molecule has 15 heavy (non-hydrogen) atoms. The van der Waals surface area contributed by atoms with E-state index >= 15 is 0 Å². The lowest BCUT2D eigenvalue weighted by molar-refractivity contribution is 0.301. The fourth-order valence-electron chi connectivity index (χ4n) is 1.40. The van der Waals surface area contributed by atoms with Crippen molar-refractivity contribution in [1.82, 2.24) is 9.55 Å². The maximum atomic E-state index is 5.61. The predicted molar refractivity (Wildman–Crippen MR) is 58.7 cm³/mol. The van der Waals surface area contributed by atoms with E-state index in [0.29, 0.717) is 6.61 Å². The second kappa shape index (κ2) is 4.17. The van der Waals surface area contributed by atoms with E-state index < -0.39 is 0 Å². The summed E-state index contributed by atoms with van der Waals surface area (Å²) in [4.78, 5) is 4.19. The number of nitrogens with zero attached hydrogens (tertiary/aromatic N) is 2. The van der Waals surface area contributed by atoms with E-state index in [2.05, 4.69) is 4.98 Å². The molecule has 3 heteroatoms. The minimum Gasteiger partial charge on any atom is -0.487 e. The van der Waals surface area contributed by atoms with Crippen molar-refractivity contribution in [2.45, 2.75) is 13.5 Å². The van der Waals surface area contributed by atoms with Crippen LogP contribution < -0.4 is 4.74 Å². The number of hydrogen-bond acceptors (Lipinski definition) is 2. The molecule has 2 rings (SSSR count). The molecule has 0 spiro atoms. The Labute approximate surface area is 89.3 Å². The fraction of sp³-hybridized carbons (Fsp3) is 0.250. The van der Waals surface area contributed by atoms with Crippen LogP contribution in [0.5, 0.6) is 5.75 Å². The Bertz CT molecular complexity index is 448. The number of hydrogen-bond donors (Lipinski definition) is 0. The molecule has 0 aliphatic carbocycles. The number of ether oxygens (including phenoxy) is 1. The second-order valence-electron chi connectivity index (χ2n) is 3.64. The molecule has 2 aromatic rings. The highest BCUT2D eigenvalue weighted by atomic mass is 16.5. The van der Waals surface area contributed by atoms with Crippen LogP contribution in [0.15, 0.2) is 36.8 Å². The van der Waals surface area contributed by atoms with Gasteiger partial charge in [0.15, 0.2) is 0 Å². The third-order valence-electron chi connectivity index (χ3n) is 2.13. The van der Waals surface area contributed by atoms with Gasteiger partial charge in [0.05, 0.1) is 12.0 Å². The molecule has 3 nitrogen and oxygen atoms in total. The third kappa shape index (κ3) is 2.59. The van der Waals surface area contributed by atoms with Crippen LogP contribution in [0.25, 0.3) is 0 Å². The molecule has 78 valence electrons. The highest BCUT2D eigenvalue weighted by Crippen LogP contribution is 2.13. The maximum Gasteiger partial charge on any atom is 0.132 e. The van der Waals surface area contributed by atoms with E-state index in [-0.39, 0.29) is 0 Å². The first kappa shape index (κ1) is 9.77. The largest absolute Gasteiger partial charge is 0.487 e. The van der Waals surface area contributed by atoms with Gasteiger partial charge in [0.2, 0.25) is 0 Å². The van der Waals surface area contributed by atoms with Crippen LogP contribution in [0, 0.1) is 6.92 Å². The van der Waals surface area contributed by atoms with Gasteiger partial charge in [-0.1, -0.05) is 12.1 Å². The molecule has 0 radical (unpaired) electrons. The van der Waals surface area contributed by atoms with Gasteiger partial charge in [-0.15, -0.1) is 0 Å². The van der Waals surface area contributed by atoms with Crippen LogP contribution in [0.4, 0.5) is 0 Å². The van der Waals surface area contributed by atoms with Crippen molar-refractivity contribution < 1.29 is 4.74 Å². The molecule has 0 N–H and O–H groups in total. The first-order valence-corrected chi connectivity index (χ1v) is 4.90. The summed E-state index contributed by atoms with van der Waals surface area (Å²) in [5, 5.41) is 0. The zero-order chi connectivity index (χ0) is 10.7. The van der Waals surface area contributed by atoms with Crippen molar-refractivity contribution in [2.24, 2.45) is 7.05 Å². The number of rotatable bonds is 3. The predicted octanol–water partition coefficient (Wildman–Crippen LogP) is 2.31. The van der Waals surface area contributed by atoms with Gasteiger partial charge in [-0.2, -0.15) is 0 Å². The molecular formula is C12H14N2O. The SMILES string of the molecule is Cc1cccc(OCc2cn(C)cn2)c1. The van der Waals surface area contributed by atoms with E-state index in [1.165, 1.54) is 5.56 Å². The molecule has 0 fully saturated rings. The summed E-state index contributed by atoms with van der Waals surface area (Å²) >= 11 is 0. The lowest BCUT2D eigenvalue weighted by Crippen LogP contribution is -1.95. The molecule has 0 atom stereocenters. The van der Waals surface area contributed by atoms with Crippen molar-refractivity contribution in [1.29, 1.82) is 0 Å². The van der Waals surface area contributed by atoms with Crippen molar-refractivity contribution in [3.63, 3.8) is 0 Å². The average molecular weight is 202 g/mol. The molecule has 0 saturated heterocycles. The van der Waals surface area contributed by atoms with Gasteiger partial charge < -0.3 is 9.30 Å². The van der Waals surface area contributed by atoms with Gasteiger partial charge in [0, 0.05) is 13.2 Å². The van der Waals surface area contributed by atoms with Crippen LogP contribution in [-0.4, -0.2) is 9.55 Å². The third-order valence-corrected chi connectivity index (χ3v) is 2.13. The first-order valence-electron chi connectivity index (χ1n) is 4.90. The average Bonchev–Trinajstić information content (AvgIpc) is 2.62. The zero-order valence-electron chi connectivity index (χ0n) is 8.97.